The van der Waals surface area contributed by atoms with Gasteiger partial charge in [-0.15, -0.1) is 0 Å². The number of alkyl halides is 2. The first-order chi connectivity index (χ1) is 6.18. The maximum absolute atomic E-state index is 12.2. The van der Waals surface area contributed by atoms with Crippen LogP contribution in [-0.4, -0.2) is 6.43 Å². The van der Waals surface area contributed by atoms with Crippen LogP contribution in [0.1, 0.15) is 17.9 Å². The number of rotatable bonds is 2. The average Bonchev–Trinajstić information content (AvgIpc) is 2.82. The molecule has 0 radical (unpaired) electrons. The maximum Gasteiger partial charge on any atom is 0.242 e. The van der Waals surface area contributed by atoms with Crippen LogP contribution in [0.15, 0.2) is 24.3 Å². The largest absolute Gasteiger partial charge is 0.242 e. The summed E-state index contributed by atoms with van der Waals surface area (Å²) in [5, 5.41) is 0.623. The SMILES string of the molecule is FC(F)C1CC1c1cccc(Cl)c1. The van der Waals surface area contributed by atoms with E-state index < -0.39 is 12.3 Å². The topological polar surface area (TPSA) is 0 Å². The van der Waals surface area contributed by atoms with Crippen LogP contribution in [0.4, 0.5) is 8.78 Å². The molecule has 0 spiro atoms. The van der Waals surface area contributed by atoms with E-state index in [1.165, 1.54) is 0 Å². The highest BCUT2D eigenvalue weighted by Gasteiger charge is 2.44. The quantitative estimate of drug-likeness (QED) is 0.686. The van der Waals surface area contributed by atoms with Gasteiger partial charge in [-0.1, -0.05) is 23.7 Å². The van der Waals surface area contributed by atoms with E-state index in [2.05, 4.69) is 0 Å². The minimum Gasteiger partial charge on any atom is -0.210 e. The molecule has 0 aromatic heterocycles. The van der Waals surface area contributed by atoms with Crippen molar-refractivity contribution in [3.8, 4) is 0 Å². The number of benzene rings is 1. The predicted molar refractivity (Wildman–Crippen MR) is 48.3 cm³/mol. The highest BCUT2D eigenvalue weighted by molar-refractivity contribution is 6.30. The molecule has 2 atom stereocenters. The summed E-state index contributed by atoms with van der Waals surface area (Å²) in [5.41, 5.74) is 0.942. The number of halogens is 3. The summed E-state index contributed by atoms with van der Waals surface area (Å²) >= 11 is 5.76. The molecule has 0 amide bonds. The first kappa shape index (κ1) is 8.95. The Labute approximate surface area is 80.5 Å². The molecule has 13 heavy (non-hydrogen) atoms. The Hall–Kier alpha value is -0.630. The van der Waals surface area contributed by atoms with Gasteiger partial charge in [-0.05, 0) is 30.0 Å². The Morgan fingerprint density at radius 2 is 2.15 bits per heavy atom. The third kappa shape index (κ3) is 1.83. The summed E-state index contributed by atoms with van der Waals surface area (Å²) in [5.74, 6) is -0.419. The van der Waals surface area contributed by atoms with E-state index in [4.69, 9.17) is 11.6 Å². The molecular weight excluding hydrogens is 194 g/mol. The zero-order valence-electron chi connectivity index (χ0n) is 6.88. The molecule has 1 aliphatic rings. The third-order valence-corrected chi connectivity index (χ3v) is 2.68. The van der Waals surface area contributed by atoms with Gasteiger partial charge in [0.05, 0.1) is 0 Å². The zero-order valence-corrected chi connectivity index (χ0v) is 7.64. The molecule has 0 nitrogen and oxygen atoms in total. The molecule has 1 fully saturated rings. The summed E-state index contributed by atoms with van der Waals surface area (Å²) in [6.45, 7) is 0. The Kier molecular flexibility index (Phi) is 2.24. The van der Waals surface area contributed by atoms with Crippen molar-refractivity contribution in [3.63, 3.8) is 0 Å². The Balaban J connectivity index is 2.12. The molecule has 70 valence electrons. The van der Waals surface area contributed by atoms with Gasteiger partial charge in [0.25, 0.3) is 0 Å². The van der Waals surface area contributed by atoms with Crippen LogP contribution in [0.5, 0.6) is 0 Å². The first-order valence-electron chi connectivity index (χ1n) is 4.22. The molecule has 3 heteroatoms. The van der Waals surface area contributed by atoms with E-state index in [0.717, 1.165) is 5.56 Å². The van der Waals surface area contributed by atoms with Crippen LogP contribution >= 0.6 is 11.6 Å². The number of hydrogen-bond acceptors (Lipinski definition) is 0. The van der Waals surface area contributed by atoms with Crippen molar-refractivity contribution < 1.29 is 8.78 Å². The van der Waals surface area contributed by atoms with Gasteiger partial charge in [0, 0.05) is 10.9 Å². The highest BCUT2D eigenvalue weighted by atomic mass is 35.5. The molecule has 0 bridgehead atoms. The Morgan fingerprint density at radius 3 is 2.69 bits per heavy atom. The van der Waals surface area contributed by atoms with E-state index >= 15 is 0 Å². The van der Waals surface area contributed by atoms with E-state index in [0.29, 0.717) is 11.4 Å². The van der Waals surface area contributed by atoms with E-state index in [9.17, 15) is 8.78 Å². The van der Waals surface area contributed by atoms with E-state index in [1.807, 2.05) is 6.07 Å². The third-order valence-electron chi connectivity index (χ3n) is 2.44. The summed E-state index contributed by atoms with van der Waals surface area (Å²) in [4.78, 5) is 0. The molecule has 0 N–H and O–H groups in total. The van der Waals surface area contributed by atoms with Gasteiger partial charge >= 0.3 is 0 Å². The lowest BCUT2D eigenvalue weighted by Crippen LogP contribution is -1.94. The van der Waals surface area contributed by atoms with Gasteiger partial charge in [0.15, 0.2) is 0 Å². The van der Waals surface area contributed by atoms with Crippen molar-refractivity contribution in [3.05, 3.63) is 34.9 Å². The second kappa shape index (κ2) is 3.26. The van der Waals surface area contributed by atoms with Crippen molar-refractivity contribution in [2.45, 2.75) is 18.8 Å². The molecule has 1 aromatic carbocycles. The summed E-state index contributed by atoms with van der Waals surface area (Å²) in [6, 6.07) is 7.19. The Morgan fingerprint density at radius 1 is 1.38 bits per heavy atom. The monoisotopic (exact) mass is 202 g/mol. The van der Waals surface area contributed by atoms with Gasteiger partial charge in [0.1, 0.15) is 0 Å². The minimum absolute atomic E-state index is 0.0266. The molecule has 1 aliphatic carbocycles. The molecule has 0 aliphatic heterocycles. The Bertz CT molecular complexity index is 312. The lowest BCUT2D eigenvalue weighted by Gasteiger charge is -1.99. The lowest BCUT2D eigenvalue weighted by atomic mass is 10.1. The van der Waals surface area contributed by atoms with Crippen LogP contribution in [0.2, 0.25) is 5.02 Å². The smallest absolute Gasteiger partial charge is 0.210 e. The van der Waals surface area contributed by atoms with Gasteiger partial charge in [-0.3, -0.25) is 0 Å². The second-order valence-electron chi connectivity index (χ2n) is 3.40. The van der Waals surface area contributed by atoms with E-state index in [-0.39, 0.29) is 5.92 Å². The van der Waals surface area contributed by atoms with Crippen molar-refractivity contribution in [1.29, 1.82) is 0 Å². The molecule has 2 unspecified atom stereocenters. The first-order valence-corrected chi connectivity index (χ1v) is 4.60. The molecule has 0 heterocycles. The fraction of sp³-hybridized carbons (Fsp3) is 0.400. The fourth-order valence-electron chi connectivity index (χ4n) is 1.61. The van der Waals surface area contributed by atoms with Gasteiger partial charge in [0.2, 0.25) is 6.43 Å². The summed E-state index contributed by atoms with van der Waals surface area (Å²) in [7, 11) is 0. The molecular formula is C10H9ClF2. The van der Waals surface area contributed by atoms with Crippen LogP contribution in [0.3, 0.4) is 0 Å². The highest BCUT2D eigenvalue weighted by Crippen LogP contribution is 2.51. The minimum atomic E-state index is -2.19. The van der Waals surface area contributed by atoms with E-state index in [1.54, 1.807) is 18.2 Å². The van der Waals surface area contributed by atoms with Crippen molar-refractivity contribution in [2.24, 2.45) is 5.92 Å². The van der Waals surface area contributed by atoms with Crippen LogP contribution in [-0.2, 0) is 0 Å². The molecule has 2 rings (SSSR count). The second-order valence-corrected chi connectivity index (χ2v) is 3.83. The van der Waals surface area contributed by atoms with Gasteiger partial charge in [-0.25, -0.2) is 8.78 Å². The van der Waals surface area contributed by atoms with Crippen LogP contribution in [0, 0.1) is 5.92 Å². The average molecular weight is 203 g/mol. The van der Waals surface area contributed by atoms with Gasteiger partial charge < -0.3 is 0 Å². The molecule has 0 saturated heterocycles. The molecule has 1 saturated carbocycles. The maximum atomic E-state index is 12.2. The predicted octanol–water partition coefficient (Wildman–Crippen LogP) is 3.71. The van der Waals surface area contributed by atoms with Crippen LogP contribution in [0.25, 0.3) is 0 Å². The standard InChI is InChI=1S/C10H9ClF2/c11-7-3-1-2-6(4-7)8-5-9(8)10(12)13/h1-4,8-10H,5H2. The van der Waals surface area contributed by atoms with Gasteiger partial charge in [-0.2, -0.15) is 0 Å². The van der Waals surface area contributed by atoms with Crippen molar-refractivity contribution in [2.75, 3.05) is 0 Å². The van der Waals surface area contributed by atoms with Crippen molar-refractivity contribution >= 4 is 11.6 Å². The van der Waals surface area contributed by atoms with Crippen LogP contribution < -0.4 is 0 Å². The lowest BCUT2D eigenvalue weighted by molar-refractivity contribution is 0.120. The summed E-state index contributed by atoms with van der Waals surface area (Å²) in [6.07, 6.45) is -1.60. The number of hydrogen-bond donors (Lipinski definition) is 0. The van der Waals surface area contributed by atoms with Crippen molar-refractivity contribution in [1.82, 2.24) is 0 Å². The normalized spacial score (nSPS) is 26.5. The zero-order chi connectivity index (χ0) is 9.42. The summed E-state index contributed by atoms with van der Waals surface area (Å²) < 4.78 is 24.4. The molecule has 1 aromatic rings. The fourth-order valence-corrected chi connectivity index (χ4v) is 1.81.